The highest BCUT2D eigenvalue weighted by molar-refractivity contribution is 7.08. The van der Waals surface area contributed by atoms with E-state index in [-0.39, 0.29) is 11.4 Å². The molecule has 2 aliphatic rings. The van der Waals surface area contributed by atoms with Gasteiger partial charge in [0.1, 0.15) is 0 Å². The first-order valence-electron chi connectivity index (χ1n) is 13.9. The lowest BCUT2D eigenvalue weighted by molar-refractivity contribution is -0.133. The van der Waals surface area contributed by atoms with Crippen molar-refractivity contribution in [2.75, 3.05) is 18.5 Å². The fourth-order valence-corrected chi connectivity index (χ4v) is 6.76. The summed E-state index contributed by atoms with van der Waals surface area (Å²) in [4.78, 5) is 18.3. The van der Waals surface area contributed by atoms with Crippen molar-refractivity contribution in [1.29, 1.82) is 0 Å². The second-order valence-corrected chi connectivity index (χ2v) is 12.0. The maximum absolute atomic E-state index is 14.0. The largest absolute Gasteiger partial charge is 0.343 e. The molecule has 0 unspecified atom stereocenters. The van der Waals surface area contributed by atoms with Gasteiger partial charge < -0.3 is 9.80 Å². The number of hydrogen-bond acceptors (Lipinski definition) is 4. The minimum atomic E-state index is -0.145. The van der Waals surface area contributed by atoms with Crippen molar-refractivity contribution in [1.82, 2.24) is 14.7 Å². The first-order chi connectivity index (χ1) is 18.2. The molecule has 5 nitrogen and oxygen atoms in total. The van der Waals surface area contributed by atoms with Crippen LogP contribution in [0.25, 0.3) is 16.8 Å². The van der Waals surface area contributed by atoms with Crippen molar-refractivity contribution in [3.63, 3.8) is 0 Å². The standard InChI is InChI=1S/C31H39BN4OS/c1-7-35-19-23(18-33-35)26-17-27-22(16-28(26)32-5)10-11-25(29(27)34(6)24-12-15-38-20-24)21(2)30(37)36-14-9-8-13-31(36,3)4/h12,15-20,32H,2,7-11,13-14H2,1,3-6H3. The number of fused-ring (bicyclic) bond motifs is 1. The van der Waals surface area contributed by atoms with Gasteiger partial charge in [0.15, 0.2) is 7.28 Å². The van der Waals surface area contributed by atoms with Crippen LogP contribution in [0.5, 0.6) is 0 Å². The van der Waals surface area contributed by atoms with Crippen LogP contribution in [0.15, 0.2) is 59.1 Å². The number of aromatic nitrogens is 2. The summed E-state index contributed by atoms with van der Waals surface area (Å²) in [7, 11) is 3.08. The van der Waals surface area contributed by atoms with Crippen LogP contribution < -0.4 is 10.4 Å². The van der Waals surface area contributed by atoms with Crippen LogP contribution in [0.2, 0.25) is 6.82 Å². The van der Waals surface area contributed by atoms with Crippen LogP contribution in [0.1, 0.15) is 57.6 Å². The molecular formula is C31H39BN4OS. The first-order valence-corrected chi connectivity index (χ1v) is 14.9. The number of benzene rings is 1. The Labute approximate surface area is 232 Å². The zero-order valence-corrected chi connectivity index (χ0v) is 24.3. The minimum Gasteiger partial charge on any atom is -0.343 e. The van der Waals surface area contributed by atoms with E-state index in [4.69, 9.17) is 0 Å². The van der Waals surface area contributed by atoms with Crippen LogP contribution in [-0.4, -0.2) is 47.0 Å². The van der Waals surface area contributed by atoms with Crippen LogP contribution in [0.3, 0.4) is 0 Å². The number of carbonyl (C=O) groups is 1. The van der Waals surface area contributed by atoms with Gasteiger partial charge in [-0.15, -0.1) is 0 Å². The number of rotatable bonds is 7. The molecule has 0 bridgehead atoms. The van der Waals surface area contributed by atoms with Gasteiger partial charge in [0, 0.05) is 54.0 Å². The zero-order valence-electron chi connectivity index (χ0n) is 23.5. The van der Waals surface area contributed by atoms with Gasteiger partial charge in [0.2, 0.25) is 0 Å². The van der Waals surface area contributed by atoms with Gasteiger partial charge in [-0.1, -0.05) is 24.9 Å². The van der Waals surface area contributed by atoms with Crippen LogP contribution >= 0.6 is 11.3 Å². The van der Waals surface area contributed by atoms with E-state index in [0.717, 1.165) is 68.6 Å². The summed E-state index contributed by atoms with van der Waals surface area (Å²) < 4.78 is 1.98. The molecule has 7 heteroatoms. The Morgan fingerprint density at radius 3 is 2.71 bits per heavy atom. The molecule has 3 heterocycles. The molecule has 0 N–H and O–H groups in total. The lowest BCUT2D eigenvalue weighted by Crippen LogP contribution is -2.51. The fourth-order valence-electron chi connectivity index (χ4n) is 6.09. The fraction of sp³-hybridized carbons (Fsp3) is 0.419. The Bertz CT molecular complexity index is 1380. The maximum atomic E-state index is 14.0. The van der Waals surface area contributed by atoms with Gasteiger partial charge in [-0.3, -0.25) is 9.48 Å². The molecule has 3 aromatic rings. The topological polar surface area (TPSA) is 41.4 Å². The van der Waals surface area contributed by atoms with E-state index >= 15 is 0 Å². The van der Waals surface area contributed by atoms with Crippen molar-refractivity contribution in [3.05, 3.63) is 70.2 Å². The molecule has 0 spiro atoms. The van der Waals surface area contributed by atoms with Crippen molar-refractivity contribution in [3.8, 4) is 11.1 Å². The Kier molecular flexibility index (Phi) is 7.41. The third-order valence-corrected chi connectivity index (χ3v) is 9.08. The van der Waals surface area contributed by atoms with Crippen molar-refractivity contribution >= 4 is 41.4 Å². The number of anilines is 1. The van der Waals surface area contributed by atoms with Gasteiger partial charge in [0.05, 0.1) is 17.6 Å². The third-order valence-electron chi connectivity index (χ3n) is 8.41. The van der Waals surface area contributed by atoms with Gasteiger partial charge in [-0.05, 0) is 87.1 Å². The smallest absolute Gasteiger partial charge is 0.254 e. The molecule has 0 saturated carbocycles. The first kappa shape index (κ1) is 26.5. The number of nitrogens with zero attached hydrogens (tertiary/aromatic N) is 4. The average Bonchev–Trinajstić information content (AvgIpc) is 3.63. The zero-order chi connectivity index (χ0) is 27.0. The Hall–Kier alpha value is -3.06. The molecule has 1 aliphatic carbocycles. The number of piperidine rings is 1. The molecule has 1 saturated heterocycles. The molecule has 0 atom stereocenters. The van der Waals surface area contributed by atoms with Crippen molar-refractivity contribution in [2.24, 2.45) is 0 Å². The molecule has 5 rings (SSSR count). The number of amides is 1. The Morgan fingerprint density at radius 2 is 2.05 bits per heavy atom. The summed E-state index contributed by atoms with van der Waals surface area (Å²) in [5, 5.41) is 8.83. The number of hydrogen-bond donors (Lipinski definition) is 0. The summed E-state index contributed by atoms with van der Waals surface area (Å²) in [5.74, 6) is 0.0824. The van der Waals surface area contributed by atoms with E-state index in [9.17, 15) is 4.79 Å². The highest BCUT2D eigenvalue weighted by Crippen LogP contribution is 2.41. The second-order valence-electron chi connectivity index (χ2n) is 11.2. The Balaban J connectivity index is 1.66. The van der Waals surface area contributed by atoms with E-state index < -0.39 is 0 Å². The van der Waals surface area contributed by atoms with E-state index in [0.29, 0.717) is 5.57 Å². The summed E-state index contributed by atoms with van der Waals surface area (Å²) in [6.07, 6.45) is 9.08. The number of carbonyl (C=O) groups excluding carboxylic acids is 1. The van der Waals surface area contributed by atoms with E-state index in [1.165, 1.54) is 28.6 Å². The maximum Gasteiger partial charge on any atom is 0.254 e. The quantitative estimate of drug-likeness (QED) is 0.285. The molecule has 1 fully saturated rings. The predicted molar refractivity (Wildman–Crippen MR) is 163 cm³/mol. The molecule has 38 heavy (non-hydrogen) atoms. The summed E-state index contributed by atoms with van der Waals surface area (Å²) in [6, 6.07) is 6.87. The minimum absolute atomic E-state index is 0.0824. The van der Waals surface area contributed by atoms with Gasteiger partial charge in [0.25, 0.3) is 5.91 Å². The van der Waals surface area contributed by atoms with Gasteiger partial charge in [-0.2, -0.15) is 16.4 Å². The summed E-state index contributed by atoms with van der Waals surface area (Å²) in [6.45, 7) is 14.8. The second kappa shape index (κ2) is 10.6. The lowest BCUT2D eigenvalue weighted by atomic mass is 9.68. The molecule has 2 aromatic heterocycles. The average molecular weight is 527 g/mol. The lowest BCUT2D eigenvalue weighted by Gasteiger charge is -2.43. The molecule has 1 aromatic carbocycles. The highest BCUT2D eigenvalue weighted by atomic mass is 32.1. The summed E-state index contributed by atoms with van der Waals surface area (Å²) >= 11 is 1.69. The highest BCUT2D eigenvalue weighted by Gasteiger charge is 2.36. The van der Waals surface area contributed by atoms with E-state index in [2.05, 4.69) is 91.3 Å². The third kappa shape index (κ3) is 4.77. The summed E-state index contributed by atoms with van der Waals surface area (Å²) in [5.41, 5.74) is 10.0. The SMILES string of the molecule is C=C(C(=O)N1CCCCC1(C)C)C1=C(N(C)c2ccsc2)c2cc(-c3cnn(CC)c3)c(BC)cc2CC1. The molecule has 1 amide bonds. The van der Waals surface area contributed by atoms with Crippen LogP contribution in [0, 0.1) is 0 Å². The number of thiophene rings is 1. The van der Waals surface area contributed by atoms with Gasteiger partial charge in [-0.25, -0.2) is 0 Å². The number of likely N-dealkylation sites (tertiary alicyclic amines) is 1. The molecular weight excluding hydrogens is 487 g/mol. The molecule has 0 radical (unpaired) electrons. The van der Waals surface area contributed by atoms with Crippen LogP contribution in [0.4, 0.5) is 5.69 Å². The Morgan fingerprint density at radius 1 is 1.24 bits per heavy atom. The van der Waals surface area contributed by atoms with Crippen molar-refractivity contribution in [2.45, 2.75) is 71.8 Å². The monoisotopic (exact) mass is 526 g/mol. The van der Waals surface area contributed by atoms with E-state index in [1.54, 1.807) is 11.3 Å². The van der Waals surface area contributed by atoms with Crippen LogP contribution in [-0.2, 0) is 17.8 Å². The van der Waals surface area contributed by atoms with Crippen molar-refractivity contribution < 1.29 is 4.79 Å². The number of aryl methyl sites for hydroxylation is 2. The van der Waals surface area contributed by atoms with E-state index in [1.807, 2.05) is 10.9 Å². The van der Waals surface area contributed by atoms with Gasteiger partial charge >= 0.3 is 0 Å². The predicted octanol–water partition coefficient (Wildman–Crippen LogP) is 5.88. The molecule has 1 aliphatic heterocycles. The molecule has 198 valence electrons. The normalized spacial score (nSPS) is 16.8.